The smallest absolute Gasteiger partial charge is 0.287 e. The Morgan fingerprint density at radius 2 is 2.03 bits per heavy atom. The van der Waals surface area contributed by atoms with E-state index in [0.717, 1.165) is 24.8 Å². The lowest BCUT2D eigenvalue weighted by Gasteiger charge is -2.22. The molecule has 9 heteroatoms. The molecular weight excluding hydrogens is 384 g/mol. The molecule has 158 valence electrons. The number of nitrogens with one attached hydrogen (secondary N) is 4. The summed E-state index contributed by atoms with van der Waals surface area (Å²) in [6.07, 6.45) is 3.06. The number of rotatable bonds is 8. The van der Waals surface area contributed by atoms with E-state index in [1.165, 1.54) is 0 Å². The number of nitriles is 1. The number of fused-ring (bicyclic) bond motifs is 1. The summed E-state index contributed by atoms with van der Waals surface area (Å²) in [5.74, 6) is -0.351. The molecule has 0 spiro atoms. The van der Waals surface area contributed by atoms with Crippen LogP contribution in [0.1, 0.15) is 42.7 Å². The SMILES string of the molecule is N#C[C@H](C[C@@H]1CCNC1O)NC(=O)[C@H](CC1CC1)NC(=O)c1nc2ccccc2[nH]1. The van der Waals surface area contributed by atoms with Crippen molar-refractivity contribution < 1.29 is 14.7 Å². The molecule has 9 nitrogen and oxygen atoms in total. The molecule has 1 saturated heterocycles. The Bertz CT molecular complexity index is 930. The number of nitrogens with zero attached hydrogens (tertiary/aromatic N) is 2. The lowest BCUT2D eigenvalue weighted by molar-refractivity contribution is -0.123. The van der Waals surface area contributed by atoms with Gasteiger partial charge >= 0.3 is 0 Å². The van der Waals surface area contributed by atoms with Crippen LogP contribution in [0.15, 0.2) is 24.3 Å². The molecule has 1 unspecified atom stereocenters. The molecule has 1 aromatic carbocycles. The van der Waals surface area contributed by atoms with Gasteiger partial charge in [-0.15, -0.1) is 0 Å². The summed E-state index contributed by atoms with van der Waals surface area (Å²) in [4.78, 5) is 32.9. The Morgan fingerprint density at radius 1 is 1.23 bits per heavy atom. The van der Waals surface area contributed by atoms with Gasteiger partial charge in [-0.05, 0) is 43.9 Å². The molecule has 0 radical (unpaired) electrons. The van der Waals surface area contributed by atoms with Crippen LogP contribution in [0, 0.1) is 23.2 Å². The molecule has 2 aliphatic rings. The van der Waals surface area contributed by atoms with Crippen LogP contribution < -0.4 is 16.0 Å². The molecule has 1 aliphatic heterocycles. The minimum atomic E-state index is -0.735. The van der Waals surface area contributed by atoms with Crippen LogP contribution in [-0.2, 0) is 4.79 Å². The van der Waals surface area contributed by atoms with Crippen molar-refractivity contribution in [1.82, 2.24) is 25.9 Å². The van der Waals surface area contributed by atoms with E-state index in [0.29, 0.717) is 30.8 Å². The van der Waals surface area contributed by atoms with Crippen LogP contribution in [0.3, 0.4) is 0 Å². The van der Waals surface area contributed by atoms with Gasteiger partial charge in [-0.3, -0.25) is 14.9 Å². The lowest BCUT2D eigenvalue weighted by atomic mass is 9.98. The number of carbonyl (C=O) groups is 2. The third-order valence-corrected chi connectivity index (χ3v) is 5.82. The number of aliphatic hydroxyl groups excluding tert-OH is 1. The molecule has 1 aromatic heterocycles. The number of carbonyl (C=O) groups excluding carboxylic acids is 2. The number of H-pyrrole nitrogens is 1. The van der Waals surface area contributed by atoms with E-state index >= 15 is 0 Å². The minimum Gasteiger partial charge on any atom is -0.378 e. The third kappa shape index (κ3) is 4.78. The van der Waals surface area contributed by atoms with Crippen molar-refractivity contribution in [3.63, 3.8) is 0 Å². The molecular formula is C21H26N6O3. The zero-order chi connectivity index (χ0) is 21.1. The Morgan fingerprint density at radius 3 is 2.70 bits per heavy atom. The zero-order valence-electron chi connectivity index (χ0n) is 16.6. The van der Waals surface area contributed by atoms with Gasteiger partial charge in [0.25, 0.3) is 5.91 Å². The first-order valence-corrected chi connectivity index (χ1v) is 10.4. The van der Waals surface area contributed by atoms with Crippen LogP contribution in [0.2, 0.25) is 0 Å². The Labute approximate surface area is 174 Å². The second-order valence-electron chi connectivity index (χ2n) is 8.18. The van der Waals surface area contributed by atoms with Gasteiger partial charge in [0.15, 0.2) is 5.82 Å². The van der Waals surface area contributed by atoms with Crippen LogP contribution >= 0.6 is 0 Å². The fourth-order valence-corrected chi connectivity index (χ4v) is 3.91. The van der Waals surface area contributed by atoms with Crippen molar-refractivity contribution in [2.75, 3.05) is 6.54 Å². The van der Waals surface area contributed by atoms with E-state index in [-0.39, 0.29) is 17.6 Å². The number of hydrogen-bond donors (Lipinski definition) is 5. The molecule has 1 saturated carbocycles. The van der Waals surface area contributed by atoms with E-state index in [1.807, 2.05) is 18.2 Å². The first-order valence-electron chi connectivity index (χ1n) is 10.4. The van der Waals surface area contributed by atoms with Crippen molar-refractivity contribution in [2.24, 2.45) is 11.8 Å². The molecule has 2 aromatic rings. The molecule has 4 rings (SSSR count). The fraction of sp³-hybridized carbons (Fsp3) is 0.524. The summed E-state index contributed by atoms with van der Waals surface area (Å²) >= 11 is 0. The average Bonchev–Trinajstić information content (AvgIpc) is 3.30. The maximum atomic E-state index is 12.9. The number of imidazole rings is 1. The Kier molecular flexibility index (Phi) is 5.97. The molecule has 30 heavy (non-hydrogen) atoms. The van der Waals surface area contributed by atoms with E-state index in [4.69, 9.17) is 0 Å². The fourth-order valence-electron chi connectivity index (χ4n) is 3.91. The van der Waals surface area contributed by atoms with Crippen molar-refractivity contribution >= 4 is 22.8 Å². The van der Waals surface area contributed by atoms with Crippen LogP contribution in [0.4, 0.5) is 0 Å². The Hall–Kier alpha value is -2.96. The summed E-state index contributed by atoms with van der Waals surface area (Å²) in [5.41, 5.74) is 1.43. The van der Waals surface area contributed by atoms with Gasteiger partial charge in [0.2, 0.25) is 5.91 Å². The summed E-state index contributed by atoms with van der Waals surface area (Å²) in [7, 11) is 0. The summed E-state index contributed by atoms with van der Waals surface area (Å²) in [5, 5.41) is 27.8. The predicted molar refractivity (Wildman–Crippen MR) is 109 cm³/mol. The van der Waals surface area contributed by atoms with Crippen molar-refractivity contribution in [1.29, 1.82) is 5.26 Å². The number of hydrogen-bond acceptors (Lipinski definition) is 6. The maximum Gasteiger partial charge on any atom is 0.287 e. The monoisotopic (exact) mass is 410 g/mol. The average molecular weight is 410 g/mol. The third-order valence-electron chi connectivity index (χ3n) is 5.82. The van der Waals surface area contributed by atoms with Crippen LogP contribution in [-0.4, -0.2) is 51.7 Å². The number of aliphatic hydroxyl groups is 1. The normalized spacial score (nSPS) is 22.9. The van der Waals surface area contributed by atoms with Crippen LogP contribution in [0.25, 0.3) is 11.0 Å². The molecule has 0 bridgehead atoms. The first kappa shape index (κ1) is 20.3. The molecule has 2 heterocycles. The zero-order valence-corrected chi connectivity index (χ0v) is 16.6. The topological polar surface area (TPSA) is 143 Å². The van der Waals surface area contributed by atoms with Crippen molar-refractivity contribution in [3.8, 4) is 6.07 Å². The maximum absolute atomic E-state index is 12.9. The van der Waals surface area contributed by atoms with E-state index in [9.17, 15) is 20.0 Å². The quantitative estimate of drug-likeness (QED) is 0.435. The number of aromatic nitrogens is 2. The molecule has 2 fully saturated rings. The van der Waals surface area contributed by atoms with E-state index in [1.54, 1.807) is 6.07 Å². The van der Waals surface area contributed by atoms with Gasteiger partial charge in [0, 0.05) is 5.92 Å². The highest BCUT2D eigenvalue weighted by Gasteiger charge is 2.33. The summed E-state index contributed by atoms with van der Waals surface area (Å²) in [6.45, 7) is 0.690. The number of amides is 2. The van der Waals surface area contributed by atoms with Crippen LogP contribution in [0.5, 0.6) is 0 Å². The van der Waals surface area contributed by atoms with Gasteiger partial charge in [-0.25, -0.2) is 4.98 Å². The van der Waals surface area contributed by atoms with Gasteiger partial charge in [-0.1, -0.05) is 25.0 Å². The molecule has 1 aliphatic carbocycles. The second kappa shape index (κ2) is 8.81. The highest BCUT2D eigenvalue weighted by atomic mass is 16.3. The Balaban J connectivity index is 1.41. The first-order chi connectivity index (χ1) is 14.5. The van der Waals surface area contributed by atoms with Gasteiger partial charge in [-0.2, -0.15) is 5.26 Å². The number of aromatic amines is 1. The van der Waals surface area contributed by atoms with Crippen molar-refractivity contribution in [2.45, 2.75) is 50.4 Å². The van der Waals surface area contributed by atoms with Gasteiger partial charge in [0.1, 0.15) is 18.3 Å². The number of para-hydroxylation sites is 2. The largest absolute Gasteiger partial charge is 0.378 e. The van der Waals surface area contributed by atoms with E-state index < -0.39 is 24.2 Å². The summed E-state index contributed by atoms with van der Waals surface area (Å²) in [6, 6.07) is 7.98. The summed E-state index contributed by atoms with van der Waals surface area (Å²) < 4.78 is 0. The van der Waals surface area contributed by atoms with E-state index in [2.05, 4.69) is 32.0 Å². The molecule has 2 amide bonds. The van der Waals surface area contributed by atoms with Crippen molar-refractivity contribution in [3.05, 3.63) is 30.1 Å². The predicted octanol–water partition coefficient (Wildman–Crippen LogP) is 0.788. The highest BCUT2D eigenvalue weighted by molar-refractivity contribution is 5.97. The molecule has 5 N–H and O–H groups in total. The highest BCUT2D eigenvalue weighted by Crippen LogP contribution is 2.33. The second-order valence-corrected chi connectivity index (χ2v) is 8.18. The standard InChI is InChI=1S/C21H26N6O3/c22-11-14(10-13-7-8-23-19(13)28)24-20(29)17(9-12-5-6-12)27-21(30)18-25-15-3-1-2-4-16(15)26-18/h1-4,12-14,17,19,23,28H,5-10H2,(H,24,29)(H,25,26)(H,27,30)/t13-,14-,17-,19?/m0/s1. The number of benzene rings is 1. The minimum absolute atomic E-state index is 0.0815. The molecule has 4 atom stereocenters. The van der Waals surface area contributed by atoms with Gasteiger partial charge in [0.05, 0.1) is 17.1 Å². The lowest BCUT2D eigenvalue weighted by Crippen LogP contribution is -2.50. The van der Waals surface area contributed by atoms with Gasteiger partial charge < -0.3 is 20.7 Å².